The van der Waals surface area contributed by atoms with Crippen molar-refractivity contribution >= 4 is 0 Å². The van der Waals surface area contributed by atoms with E-state index >= 15 is 0 Å². The van der Waals surface area contributed by atoms with Gasteiger partial charge in [0.25, 0.3) is 0 Å². The lowest BCUT2D eigenvalue weighted by Crippen LogP contribution is -2.32. The molecule has 1 nitrogen and oxygen atoms in total. The Morgan fingerprint density at radius 1 is 1.45 bits per heavy atom. The van der Waals surface area contributed by atoms with Gasteiger partial charge in [0, 0.05) is 12.6 Å². The van der Waals surface area contributed by atoms with E-state index in [4.69, 9.17) is 0 Å². The van der Waals surface area contributed by atoms with Crippen LogP contribution in [0.5, 0.6) is 0 Å². The third kappa shape index (κ3) is 4.20. The van der Waals surface area contributed by atoms with Crippen molar-refractivity contribution in [1.29, 1.82) is 0 Å². The molecule has 0 N–H and O–H groups in total. The highest BCUT2D eigenvalue weighted by Gasteiger charge is 2.07. The number of hydrogen-bond acceptors (Lipinski definition) is 1. The van der Waals surface area contributed by atoms with E-state index < -0.39 is 0 Å². The molecule has 1 atom stereocenters. The van der Waals surface area contributed by atoms with Gasteiger partial charge in [-0.1, -0.05) is 26.3 Å². The number of likely N-dealkylation sites (N-methyl/N-ethyl adjacent to an activating group) is 1. The summed E-state index contributed by atoms with van der Waals surface area (Å²) in [5.74, 6) is 0. The van der Waals surface area contributed by atoms with Gasteiger partial charge in [-0.2, -0.15) is 0 Å². The van der Waals surface area contributed by atoms with Crippen molar-refractivity contribution in [2.45, 2.75) is 39.7 Å². The van der Waals surface area contributed by atoms with Crippen LogP contribution in [-0.2, 0) is 0 Å². The molecule has 0 spiro atoms. The van der Waals surface area contributed by atoms with Gasteiger partial charge in [0.15, 0.2) is 0 Å². The lowest BCUT2D eigenvalue weighted by molar-refractivity contribution is 0.231. The molecule has 1 heteroatoms. The van der Waals surface area contributed by atoms with Crippen molar-refractivity contribution in [2.75, 3.05) is 13.1 Å². The summed E-state index contributed by atoms with van der Waals surface area (Å²) in [6, 6.07) is 0.711. The van der Waals surface area contributed by atoms with E-state index in [2.05, 4.69) is 32.3 Å². The van der Waals surface area contributed by atoms with Crippen LogP contribution in [0.4, 0.5) is 0 Å². The molecule has 0 saturated carbocycles. The van der Waals surface area contributed by atoms with Crippen molar-refractivity contribution in [3.05, 3.63) is 12.7 Å². The summed E-state index contributed by atoms with van der Waals surface area (Å²) in [7, 11) is 0. The molecule has 0 radical (unpaired) electrons. The first-order chi connectivity index (χ1) is 5.26. The predicted octanol–water partition coefficient (Wildman–Crippen LogP) is 2.68. The Hall–Kier alpha value is -0.300. The molecule has 66 valence electrons. The fourth-order valence-corrected chi connectivity index (χ4v) is 1.39. The third-order valence-corrected chi connectivity index (χ3v) is 2.10. The highest BCUT2D eigenvalue weighted by Crippen LogP contribution is 2.05. The Morgan fingerprint density at radius 3 is 2.45 bits per heavy atom. The summed E-state index contributed by atoms with van der Waals surface area (Å²) in [6.45, 7) is 12.6. The van der Waals surface area contributed by atoms with Gasteiger partial charge in [0.1, 0.15) is 0 Å². The molecule has 0 aromatic rings. The van der Waals surface area contributed by atoms with E-state index in [0.29, 0.717) is 6.04 Å². The van der Waals surface area contributed by atoms with Gasteiger partial charge >= 0.3 is 0 Å². The zero-order chi connectivity index (χ0) is 8.69. The summed E-state index contributed by atoms with van der Waals surface area (Å²) in [5, 5.41) is 0. The minimum absolute atomic E-state index is 0.711. The minimum atomic E-state index is 0.711. The van der Waals surface area contributed by atoms with Gasteiger partial charge in [-0.25, -0.2) is 0 Å². The molecule has 0 rings (SSSR count). The maximum Gasteiger partial charge on any atom is 0.0163 e. The molecule has 1 unspecified atom stereocenters. The second kappa shape index (κ2) is 6.41. The number of hydrogen-bond donors (Lipinski definition) is 0. The lowest BCUT2D eigenvalue weighted by atomic mass is 10.1. The van der Waals surface area contributed by atoms with E-state index in [1.54, 1.807) is 0 Å². The molecular formula is C10H21N. The van der Waals surface area contributed by atoms with E-state index in [-0.39, 0.29) is 0 Å². The van der Waals surface area contributed by atoms with Crippen molar-refractivity contribution in [3.8, 4) is 0 Å². The van der Waals surface area contributed by atoms with Gasteiger partial charge in [-0.05, 0) is 19.9 Å². The first kappa shape index (κ1) is 10.7. The zero-order valence-electron chi connectivity index (χ0n) is 8.14. The summed E-state index contributed by atoms with van der Waals surface area (Å²) < 4.78 is 0. The summed E-state index contributed by atoms with van der Waals surface area (Å²) in [4.78, 5) is 2.44. The number of rotatable bonds is 6. The van der Waals surface area contributed by atoms with Crippen molar-refractivity contribution in [2.24, 2.45) is 0 Å². The molecule has 0 aliphatic rings. The SMILES string of the molecule is C=CCN(CC)C(C)CCC. The Bertz CT molecular complexity index is 99.0. The second-order valence-electron chi connectivity index (χ2n) is 3.01. The van der Waals surface area contributed by atoms with Crippen LogP contribution in [0, 0.1) is 0 Å². The zero-order valence-corrected chi connectivity index (χ0v) is 8.14. The lowest BCUT2D eigenvalue weighted by Gasteiger charge is -2.25. The standard InChI is InChI=1S/C10H21N/c1-5-8-10(4)11(7-3)9-6-2/h6,10H,2,5,7-9H2,1,3-4H3. The Morgan fingerprint density at radius 2 is 2.09 bits per heavy atom. The summed E-state index contributed by atoms with van der Waals surface area (Å²) in [6.07, 6.45) is 4.55. The highest BCUT2D eigenvalue weighted by molar-refractivity contribution is 4.76. The summed E-state index contributed by atoms with van der Waals surface area (Å²) in [5.41, 5.74) is 0. The van der Waals surface area contributed by atoms with Gasteiger partial charge in [0.2, 0.25) is 0 Å². The Kier molecular flexibility index (Phi) is 6.24. The minimum Gasteiger partial charge on any atom is -0.297 e. The highest BCUT2D eigenvalue weighted by atomic mass is 15.1. The van der Waals surface area contributed by atoms with E-state index in [1.807, 2.05) is 6.08 Å². The molecule has 0 fully saturated rings. The monoisotopic (exact) mass is 155 g/mol. The van der Waals surface area contributed by atoms with Crippen LogP contribution in [0.25, 0.3) is 0 Å². The molecule has 0 saturated heterocycles. The normalized spacial score (nSPS) is 13.5. The maximum absolute atomic E-state index is 3.75. The topological polar surface area (TPSA) is 3.24 Å². The van der Waals surface area contributed by atoms with Crippen LogP contribution in [0.3, 0.4) is 0 Å². The van der Waals surface area contributed by atoms with Crippen LogP contribution in [0.15, 0.2) is 12.7 Å². The Labute approximate surface area is 71.1 Å². The van der Waals surface area contributed by atoms with Crippen LogP contribution in [-0.4, -0.2) is 24.0 Å². The molecule has 0 heterocycles. The van der Waals surface area contributed by atoms with Crippen LogP contribution >= 0.6 is 0 Å². The quantitative estimate of drug-likeness (QED) is 0.533. The fourth-order valence-electron chi connectivity index (χ4n) is 1.39. The largest absolute Gasteiger partial charge is 0.297 e. The molecule has 0 aromatic carbocycles. The van der Waals surface area contributed by atoms with Crippen molar-refractivity contribution in [3.63, 3.8) is 0 Å². The first-order valence-electron chi connectivity index (χ1n) is 4.61. The first-order valence-corrected chi connectivity index (χ1v) is 4.61. The number of nitrogens with zero attached hydrogens (tertiary/aromatic N) is 1. The van der Waals surface area contributed by atoms with Crippen molar-refractivity contribution < 1.29 is 0 Å². The van der Waals surface area contributed by atoms with Crippen LogP contribution < -0.4 is 0 Å². The molecule has 11 heavy (non-hydrogen) atoms. The average Bonchev–Trinajstić information content (AvgIpc) is 2.00. The van der Waals surface area contributed by atoms with Crippen LogP contribution in [0.1, 0.15) is 33.6 Å². The van der Waals surface area contributed by atoms with E-state index in [9.17, 15) is 0 Å². The van der Waals surface area contributed by atoms with E-state index in [1.165, 1.54) is 12.8 Å². The van der Waals surface area contributed by atoms with Gasteiger partial charge in [-0.15, -0.1) is 6.58 Å². The third-order valence-electron chi connectivity index (χ3n) is 2.10. The van der Waals surface area contributed by atoms with Gasteiger partial charge in [0.05, 0.1) is 0 Å². The maximum atomic E-state index is 3.75. The molecule has 0 bridgehead atoms. The molecule has 0 aliphatic carbocycles. The van der Waals surface area contributed by atoms with Crippen molar-refractivity contribution in [1.82, 2.24) is 4.90 Å². The molecule has 0 aromatic heterocycles. The molecule has 0 aliphatic heterocycles. The molecule has 0 amide bonds. The second-order valence-corrected chi connectivity index (χ2v) is 3.01. The van der Waals surface area contributed by atoms with Crippen LogP contribution in [0.2, 0.25) is 0 Å². The van der Waals surface area contributed by atoms with E-state index in [0.717, 1.165) is 13.1 Å². The molecular weight excluding hydrogens is 134 g/mol. The smallest absolute Gasteiger partial charge is 0.0163 e. The predicted molar refractivity (Wildman–Crippen MR) is 51.8 cm³/mol. The average molecular weight is 155 g/mol. The fraction of sp³-hybridized carbons (Fsp3) is 0.800. The Balaban J connectivity index is 3.70. The summed E-state index contributed by atoms with van der Waals surface area (Å²) >= 11 is 0. The van der Waals surface area contributed by atoms with Gasteiger partial charge in [-0.3, -0.25) is 4.90 Å². The van der Waals surface area contributed by atoms with Gasteiger partial charge < -0.3 is 0 Å².